The molecule has 0 aliphatic carbocycles. The fraction of sp³-hybridized carbons (Fsp3) is 0.182. The number of hydrogen-bond acceptors (Lipinski definition) is 9. The summed E-state index contributed by atoms with van der Waals surface area (Å²) < 4.78 is 60.2. The zero-order valence-corrected chi connectivity index (χ0v) is 20.5. The van der Waals surface area contributed by atoms with Crippen molar-refractivity contribution in [2.45, 2.75) is 13.1 Å². The lowest BCUT2D eigenvalue weighted by Gasteiger charge is -2.16. The molecule has 0 atom stereocenters. The van der Waals surface area contributed by atoms with Crippen LogP contribution in [0.3, 0.4) is 0 Å². The number of rotatable bonds is 7. The maximum atomic E-state index is 14.9. The summed E-state index contributed by atoms with van der Waals surface area (Å²) in [6.45, 7) is -1.04. The summed E-state index contributed by atoms with van der Waals surface area (Å²) in [6.07, 6.45) is 1.36. The smallest absolute Gasteiger partial charge is 0.355 e. The Morgan fingerprint density at radius 2 is 1.68 bits per heavy atom. The second kappa shape index (κ2) is 9.70. The summed E-state index contributed by atoms with van der Waals surface area (Å²) in [5, 5.41) is 10.0. The lowest BCUT2D eigenvalue weighted by molar-refractivity contribution is 0.485. The lowest BCUT2D eigenvalue weighted by atomic mass is 10.2. The molecule has 0 radical (unpaired) electrons. The second-order valence-electron chi connectivity index (χ2n) is 8.06. The van der Waals surface area contributed by atoms with E-state index in [0.29, 0.717) is 32.0 Å². The van der Waals surface area contributed by atoms with Crippen LogP contribution in [0.2, 0.25) is 0 Å². The molecule has 16 heteroatoms. The van der Waals surface area contributed by atoms with E-state index in [2.05, 4.69) is 30.7 Å². The normalized spacial score (nSPS) is 11.3. The molecule has 0 unspecified atom stereocenters. The zero-order chi connectivity index (χ0) is 27.1. The number of aromatic nitrogens is 7. The molecule has 0 spiro atoms. The standard InChI is InChI=1S/C22H17F4N9O2S/c1-27-20-30-16-5-14(26)15(6-17(16)38-20)29-19-31-21(36)35(8-18-28-9-33(2)32-18)22(37)34(19)7-10-3-12(24)13(25)4-11(10)23/h3-6,9H,7-8H2,1-2H3,(H,27,30)(H,29,31,36). The van der Waals surface area contributed by atoms with Gasteiger partial charge in [-0.2, -0.15) is 10.1 Å². The first-order valence-corrected chi connectivity index (χ1v) is 11.7. The van der Waals surface area contributed by atoms with Crippen LogP contribution in [0, 0.1) is 23.3 Å². The molecular formula is C22H17F4N9O2S. The van der Waals surface area contributed by atoms with Gasteiger partial charge in [0.25, 0.3) is 0 Å². The van der Waals surface area contributed by atoms with Crippen molar-refractivity contribution >= 4 is 38.3 Å². The molecule has 0 saturated heterocycles. The van der Waals surface area contributed by atoms with Gasteiger partial charge in [-0.3, -0.25) is 9.25 Å². The SMILES string of the molecule is CNc1nc2cc(F)c(Nc3nc(=O)n(Cc4ncn(C)n4)c(=O)n3Cc3cc(F)c(F)cc3F)cc2s1. The van der Waals surface area contributed by atoms with Gasteiger partial charge < -0.3 is 10.6 Å². The first kappa shape index (κ1) is 25.1. The predicted molar refractivity (Wildman–Crippen MR) is 131 cm³/mol. The molecular weight excluding hydrogens is 530 g/mol. The van der Waals surface area contributed by atoms with E-state index in [1.165, 1.54) is 28.4 Å². The Morgan fingerprint density at radius 3 is 2.39 bits per heavy atom. The minimum Gasteiger partial charge on any atom is -0.365 e. The van der Waals surface area contributed by atoms with E-state index < -0.39 is 52.7 Å². The predicted octanol–water partition coefficient (Wildman–Crippen LogP) is 2.58. The van der Waals surface area contributed by atoms with E-state index in [-0.39, 0.29) is 18.1 Å². The van der Waals surface area contributed by atoms with Gasteiger partial charge >= 0.3 is 11.4 Å². The second-order valence-corrected chi connectivity index (χ2v) is 9.09. The van der Waals surface area contributed by atoms with Gasteiger partial charge in [0.15, 0.2) is 22.6 Å². The monoisotopic (exact) mass is 547 g/mol. The van der Waals surface area contributed by atoms with Crippen molar-refractivity contribution in [3.8, 4) is 0 Å². The van der Waals surface area contributed by atoms with Gasteiger partial charge in [-0.15, -0.1) is 0 Å². The molecule has 3 aromatic heterocycles. The molecule has 11 nitrogen and oxygen atoms in total. The van der Waals surface area contributed by atoms with Crippen LogP contribution >= 0.6 is 11.3 Å². The first-order chi connectivity index (χ1) is 18.1. The molecule has 38 heavy (non-hydrogen) atoms. The van der Waals surface area contributed by atoms with Crippen molar-refractivity contribution in [2.75, 3.05) is 17.7 Å². The molecule has 2 N–H and O–H groups in total. The number of thiazole rings is 1. The van der Waals surface area contributed by atoms with Crippen LogP contribution in [0.15, 0.2) is 40.2 Å². The number of fused-ring (bicyclic) bond motifs is 1. The molecule has 196 valence electrons. The van der Waals surface area contributed by atoms with E-state index >= 15 is 0 Å². The first-order valence-electron chi connectivity index (χ1n) is 10.9. The third-order valence-corrected chi connectivity index (χ3v) is 6.49. The minimum absolute atomic E-state index is 0.113. The van der Waals surface area contributed by atoms with Gasteiger partial charge in [-0.1, -0.05) is 11.3 Å². The Kier molecular flexibility index (Phi) is 6.40. The van der Waals surface area contributed by atoms with Crippen molar-refractivity contribution in [1.82, 2.24) is 33.9 Å². The van der Waals surface area contributed by atoms with Gasteiger partial charge in [-0.25, -0.2) is 41.7 Å². The number of anilines is 3. The summed E-state index contributed by atoms with van der Waals surface area (Å²) in [7, 11) is 3.24. The van der Waals surface area contributed by atoms with Gasteiger partial charge in [0.2, 0.25) is 5.95 Å². The maximum Gasteiger partial charge on any atom is 0.355 e. The fourth-order valence-electron chi connectivity index (χ4n) is 3.63. The Bertz CT molecular complexity index is 1810. The molecule has 2 aromatic carbocycles. The molecule has 0 aliphatic heterocycles. The highest BCUT2D eigenvalue weighted by atomic mass is 32.1. The topological polar surface area (TPSA) is 125 Å². The van der Waals surface area contributed by atoms with Crippen LogP contribution in [-0.4, -0.2) is 40.9 Å². The highest BCUT2D eigenvalue weighted by Gasteiger charge is 2.20. The van der Waals surface area contributed by atoms with Crippen LogP contribution in [-0.2, 0) is 20.1 Å². The molecule has 5 aromatic rings. The Hall–Kier alpha value is -4.60. The molecule has 5 rings (SSSR count). The largest absolute Gasteiger partial charge is 0.365 e. The average molecular weight is 547 g/mol. The Balaban J connectivity index is 1.63. The summed E-state index contributed by atoms with van der Waals surface area (Å²) in [5.41, 5.74) is -2.22. The van der Waals surface area contributed by atoms with Crippen LogP contribution < -0.4 is 22.0 Å². The van der Waals surface area contributed by atoms with Crippen molar-refractivity contribution in [1.29, 1.82) is 0 Å². The van der Waals surface area contributed by atoms with Gasteiger partial charge in [-0.05, 0) is 12.1 Å². The van der Waals surface area contributed by atoms with Crippen molar-refractivity contribution in [3.05, 3.63) is 86.2 Å². The minimum atomic E-state index is -1.41. The Labute approximate surface area is 214 Å². The van der Waals surface area contributed by atoms with Crippen LogP contribution in [0.4, 0.5) is 34.3 Å². The maximum absolute atomic E-state index is 14.9. The summed E-state index contributed by atoms with van der Waals surface area (Å²) in [4.78, 5) is 38.3. The molecule has 0 amide bonds. The highest BCUT2D eigenvalue weighted by molar-refractivity contribution is 7.22. The van der Waals surface area contributed by atoms with Crippen molar-refractivity contribution in [2.24, 2.45) is 7.05 Å². The van der Waals surface area contributed by atoms with E-state index in [9.17, 15) is 27.2 Å². The number of halogens is 4. The average Bonchev–Trinajstić information content (AvgIpc) is 3.47. The number of benzene rings is 2. The van der Waals surface area contributed by atoms with Gasteiger partial charge in [0.05, 0.1) is 29.0 Å². The zero-order valence-electron chi connectivity index (χ0n) is 19.7. The molecule has 0 saturated carbocycles. The third kappa shape index (κ3) is 4.72. The van der Waals surface area contributed by atoms with Crippen molar-refractivity contribution in [3.63, 3.8) is 0 Å². The van der Waals surface area contributed by atoms with E-state index in [4.69, 9.17) is 0 Å². The van der Waals surface area contributed by atoms with Gasteiger partial charge in [0, 0.05) is 31.8 Å². The van der Waals surface area contributed by atoms with Gasteiger partial charge in [0.1, 0.15) is 18.0 Å². The van der Waals surface area contributed by atoms with Crippen LogP contribution in [0.5, 0.6) is 0 Å². The van der Waals surface area contributed by atoms with E-state index in [1.54, 1.807) is 14.1 Å². The van der Waals surface area contributed by atoms with Crippen LogP contribution in [0.1, 0.15) is 11.4 Å². The summed E-state index contributed by atoms with van der Waals surface area (Å²) >= 11 is 1.23. The summed E-state index contributed by atoms with van der Waals surface area (Å²) in [5.74, 6) is -5.00. The molecule has 0 aliphatic rings. The Morgan fingerprint density at radius 1 is 0.921 bits per heavy atom. The highest BCUT2D eigenvalue weighted by Crippen LogP contribution is 2.31. The number of hydrogen-bond donors (Lipinski definition) is 2. The molecule has 0 bridgehead atoms. The van der Waals surface area contributed by atoms with Crippen LogP contribution in [0.25, 0.3) is 10.2 Å². The number of nitrogens with zero attached hydrogens (tertiary/aromatic N) is 7. The molecule has 3 heterocycles. The summed E-state index contributed by atoms with van der Waals surface area (Å²) in [6, 6.07) is 3.47. The number of nitrogens with one attached hydrogen (secondary N) is 2. The fourth-order valence-corrected chi connectivity index (χ4v) is 4.47. The van der Waals surface area contributed by atoms with Crippen molar-refractivity contribution < 1.29 is 17.6 Å². The third-order valence-electron chi connectivity index (χ3n) is 5.45. The molecule has 0 fully saturated rings. The lowest BCUT2D eigenvalue weighted by Crippen LogP contribution is -2.43. The number of aryl methyl sites for hydroxylation is 1. The quantitative estimate of drug-likeness (QED) is 0.235. The van der Waals surface area contributed by atoms with E-state index in [0.717, 1.165) is 10.6 Å². The van der Waals surface area contributed by atoms with E-state index in [1.807, 2.05) is 0 Å².